The van der Waals surface area contributed by atoms with Crippen LogP contribution in [0.5, 0.6) is 0 Å². The summed E-state index contributed by atoms with van der Waals surface area (Å²) in [6, 6.07) is 0. The Morgan fingerprint density at radius 3 is 2.50 bits per heavy atom. The molecule has 1 fully saturated rings. The Bertz CT molecular complexity index is 263. The normalized spacial score (nSPS) is 20.5. The summed E-state index contributed by atoms with van der Waals surface area (Å²) in [5, 5.41) is 15.4. The van der Waals surface area contributed by atoms with E-state index in [1.54, 1.807) is 7.05 Å². The van der Waals surface area contributed by atoms with Crippen molar-refractivity contribution in [3.8, 4) is 0 Å². The van der Waals surface area contributed by atoms with Crippen molar-refractivity contribution in [2.75, 3.05) is 13.3 Å². The molecule has 1 aliphatic carbocycles. The van der Waals surface area contributed by atoms with Crippen molar-refractivity contribution < 1.29 is 10.0 Å². The molecule has 1 atom stereocenters. The topological polar surface area (TPSA) is 61.7 Å². The van der Waals surface area contributed by atoms with E-state index in [2.05, 4.69) is 10.5 Å². The Kier molecular flexibility index (Phi) is 5.66. The molecule has 0 radical (unpaired) electrons. The van der Waals surface area contributed by atoms with E-state index in [1.165, 1.54) is 31.0 Å². The molecule has 0 spiro atoms. The highest BCUT2D eigenvalue weighted by Crippen LogP contribution is 2.32. The van der Waals surface area contributed by atoms with Gasteiger partial charge in [-0.25, -0.2) is 0 Å². The molecule has 2 N–H and O–H groups in total. The summed E-state index contributed by atoms with van der Waals surface area (Å²) >= 11 is 1.35. The van der Waals surface area contributed by atoms with Gasteiger partial charge in [-0.3, -0.25) is 4.79 Å². The monoisotopic (exact) mass is 244 g/mol. The van der Waals surface area contributed by atoms with Crippen molar-refractivity contribution in [3.63, 3.8) is 0 Å². The second-order valence-corrected chi connectivity index (χ2v) is 4.96. The molecule has 0 heterocycles. The van der Waals surface area contributed by atoms with Crippen LogP contribution in [-0.4, -0.2) is 29.5 Å². The van der Waals surface area contributed by atoms with Crippen LogP contribution in [0.2, 0.25) is 0 Å². The average Bonchev–Trinajstić information content (AvgIpc) is 2.36. The zero-order chi connectivity index (χ0) is 12.0. The van der Waals surface area contributed by atoms with Crippen LogP contribution in [0, 0.1) is 11.8 Å². The second-order valence-electron chi connectivity index (χ2n) is 4.13. The third-order valence-electron chi connectivity index (χ3n) is 3.22. The predicted octanol–water partition coefficient (Wildman–Crippen LogP) is 2.08. The molecule has 0 aromatic carbocycles. The molecule has 0 bridgehead atoms. The van der Waals surface area contributed by atoms with Crippen LogP contribution >= 0.6 is 11.8 Å². The number of carbonyl (C=O) groups is 1. The van der Waals surface area contributed by atoms with Crippen molar-refractivity contribution in [1.29, 1.82) is 0 Å². The van der Waals surface area contributed by atoms with E-state index < -0.39 is 0 Å². The number of carbonyl (C=O) groups excluding carboxylic acids is 1. The summed E-state index contributed by atoms with van der Waals surface area (Å²) in [5.74, 6) is 0.0198. The van der Waals surface area contributed by atoms with Crippen LogP contribution in [0.1, 0.15) is 32.1 Å². The van der Waals surface area contributed by atoms with Gasteiger partial charge in [0.1, 0.15) is 5.04 Å². The number of oxime groups is 1. The van der Waals surface area contributed by atoms with Crippen molar-refractivity contribution in [1.82, 2.24) is 5.32 Å². The summed E-state index contributed by atoms with van der Waals surface area (Å²) in [6.07, 6.45) is 7.54. The maximum absolute atomic E-state index is 11.9. The molecule has 4 nitrogen and oxygen atoms in total. The number of hydrogen-bond donors (Lipinski definition) is 2. The number of thioether (sulfide) groups is 1. The van der Waals surface area contributed by atoms with Gasteiger partial charge < -0.3 is 10.5 Å². The van der Waals surface area contributed by atoms with Gasteiger partial charge in [-0.05, 0) is 25.0 Å². The molecular weight excluding hydrogens is 224 g/mol. The van der Waals surface area contributed by atoms with Crippen LogP contribution in [0.3, 0.4) is 0 Å². The zero-order valence-corrected chi connectivity index (χ0v) is 10.7. The molecule has 1 saturated carbocycles. The average molecular weight is 244 g/mol. The van der Waals surface area contributed by atoms with Gasteiger partial charge in [-0.1, -0.05) is 24.4 Å². The Hall–Kier alpha value is -0.710. The molecule has 16 heavy (non-hydrogen) atoms. The standard InChI is InChI=1S/C11H20N2O2S/c1-12-10(14)9(11(13-15)16-2)8-6-4-3-5-7-8/h8-9,15H,3-7H2,1-2H3,(H,12,14). The minimum absolute atomic E-state index is 0.0333. The van der Waals surface area contributed by atoms with Crippen molar-refractivity contribution in [2.24, 2.45) is 17.0 Å². The molecule has 0 saturated heterocycles. The van der Waals surface area contributed by atoms with Gasteiger partial charge >= 0.3 is 0 Å². The van der Waals surface area contributed by atoms with Crippen LogP contribution < -0.4 is 5.32 Å². The second kappa shape index (κ2) is 6.78. The number of rotatable bonds is 3. The van der Waals surface area contributed by atoms with E-state index >= 15 is 0 Å². The van der Waals surface area contributed by atoms with Gasteiger partial charge in [0, 0.05) is 7.05 Å². The van der Waals surface area contributed by atoms with E-state index in [9.17, 15) is 4.79 Å². The van der Waals surface area contributed by atoms with Crippen LogP contribution in [0.4, 0.5) is 0 Å². The number of nitrogens with zero attached hydrogens (tertiary/aromatic N) is 1. The summed E-state index contributed by atoms with van der Waals surface area (Å²) in [6.45, 7) is 0. The largest absolute Gasteiger partial charge is 0.410 e. The Labute approximate surface area is 101 Å². The number of hydrogen-bond acceptors (Lipinski definition) is 4. The fourth-order valence-corrected chi connectivity index (χ4v) is 3.02. The van der Waals surface area contributed by atoms with E-state index in [0.717, 1.165) is 12.8 Å². The van der Waals surface area contributed by atoms with Crippen molar-refractivity contribution in [2.45, 2.75) is 32.1 Å². The molecule has 1 amide bonds. The third kappa shape index (κ3) is 3.14. The zero-order valence-electron chi connectivity index (χ0n) is 9.90. The van der Waals surface area contributed by atoms with Gasteiger partial charge in [0.05, 0.1) is 5.92 Å². The lowest BCUT2D eigenvalue weighted by Crippen LogP contribution is -2.38. The first kappa shape index (κ1) is 13.4. The maximum atomic E-state index is 11.9. The van der Waals surface area contributed by atoms with E-state index in [4.69, 9.17) is 5.21 Å². The fraction of sp³-hybridized carbons (Fsp3) is 0.818. The highest BCUT2D eigenvalue weighted by molar-refractivity contribution is 8.13. The van der Waals surface area contributed by atoms with Crippen LogP contribution in [0.25, 0.3) is 0 Å². The van der Waals surface area contributed by atoms with Crippen LogP contribution in [-0.2, 0) is 4.79 Å². The molecule has 1 unspecified atom stereocenters. The number of nitrogens with one attached hydrogen (secondary N) is 1. The van der Waals surface area contributed by atoms with Crippen molar-refractivity contribution in [3.05, 3.63) is 0 Å². The SMILES string of the molecule is CNC(=O)C(C(=NO)SC)C1CCCCC1. The van der Waals surface area contributed by atoms with E-state index in [0.29, 0.717) is 11.0 Å². The molecule has 0 aromatic rings. The third-order valence-corrected chi connectivity index (χ3v) is 3.98. The maximum Gasteiger partial charge on any atom is 0.229 e. The lowest BCUT2D eigenvalue weighted by molar-refractivity contribution is -0.124. The minimum atomic E-state index is -0.273. The highest BCUT2D eigenvalue weighted by Gasteiger charge is 2.33. The van der Waals surface area contributed by atoms with Crippen molar-refractivity contribution >= 4 is 22.7 Å². The molecular formula is C11H20N2O2S. The Balaban J connectivity index is 2.80. The molecule has 1 rings (SSSR count). The summed E-state index contributed by atoms with van der Waals surface area (Å²) < 4.78 is 0. The highest BCUT2D eigenvalue weighted by atomic mass is 32.2. The summed E-state index contributed by atoms with van der Waals surface area (Å²) in [4.78, 5) is 11.9. The fourth-order valence-electron chi connectivity index (χ4n) is 2.38. The number of amides is 1. The van der Waals surface area contributed by atoms with Gasteiger partial charge in [-0.15, -0.1) is 11.8 Å². The van der Waals surface area contributed by atoms with E-state index in [-0.39, 0.29) is 11.8 Å². The Morgan fingerprint density at radius 1 is 1.44 bits per heavy atom. The van der Waals surface area contributed by atoms with Crippen LogP contribution in [0.15, 0.2) is 5.16 Å². The molecule has 0 aromatic heterocycles. The van der Waals surface area contributed by atoms with Gasteiger partial charge in [0.2, 0.25) is 5.91 Å². The van der Waals surface area contributed by atoms with Gasteiger partial charge in [0.15, 0.2) is 0 Å². The first-order chi connectivity index (χ1) is 7.74. The smallest absolute Gasteiger partial charge is 0.229 e. The van der Waals surface area contributed by atoms with Gasteiger partial charge in [0.25, 0.3) is 0 Å². The minimum Gasteiger partial charge on any atom is -0.410 e. The molecule has 1 aliphatic rings. The summed E-state index contributed by atoms with van der Waals surface area (Å²) in [7, 11) is 1.63. The molecule has 5 heteroatoms. The Morgan fingerprint density at radius 2 is 2.06 bits per heavy atom. The lowest BCUT2D eigenvalue weighted by atomic mass is 9.80. The first-order valence-electron chi connectivity index (χ1n) is 5.72. The predicted molar refractivity (Wildman–Crippen MR) is 66.9 cm³/mol. The quantitative estimate of drug-likeness (QED) is 0.346. The van der Waals surface area contributed by atoms with E-state index in [1.807, 2.05) is 6.26 Å². The first-order valence-corrected chi connectivity index (χ1v) is 6.94. The van der Waals surface area contributed by atoms with Gasteiger partial charge in [-0.2, -0.15) is 0 Å². The lowest BCUT2D eigenvalue weighted by Gasteiger charge is -2.28. The molecule has 92 valence electrons. The molecule has 0 aliphatic heterocycles. The summed E-state index contributed by atoms with van der Waals surface area (Å²) in [5.41, 5.74) is 0.